The Morgan fingerprint density at radius 1 is 1.13 bits per heavy atom. The Hall–Kier alpha value is -2.49. The Bertz CT molecular complexity index is 1230. The summed E-state index contributed by atoms with van der Waals surface area (Å²) in [6.45, 7) is 4.95. The van der Waals surface area contributed by atoms with E-state index in [-0.39, 0.29) is 21.5 Å². The molecule has 1 aromatic carbocycles. The topological polar surface area (TPSA) is 97.2 Å². The molecule has 0 atom stereocenters. The second-order valence-corrected chi connectivity index (χ2v) is 10.2. The van der Waals surface area contributed by atoms with Crippen molar-refractivity contribution >= 4 is 44.3 Å². The van der Waals surface area contributed by atoms with Gasteiger partial charge in [-0.3, -0.25) is 4.79 Å². The summed E-state index contributed by atoms with van der Waals surface area (Å²) in [7, 11) is -3.76. The van der Waals surface area contributed by atoms with Crippen LogP contribution in [0.2, 0.25) is 5.02 Å². The van der Waals surface area contributed by atoms with Crippen LogP contribution in [-0.4, -0.2) is 46.5 Å². The van der Waals surface area contributed by atoms with E-state index < -0.39 is 15.9 Å². The van der Waals surface area contributed by atoms with E-state index in [9.17, 15) is 13.2 Å². The predicted molar refractivity (Wildman–Crippen MR) is 120 cm³/mol. The summed E-state index contributed by atoms with van der Waals surface area (Å²) in [5.41, 5.74) is 1.43. The fourth-order valence-electron chi connectivity index (χ4n) is 3.68. The van der Waals surface area contributed by atoms with Crippen LogP contribution < -0.4 is 5.32 Å². The highest BCUT2D eigenvalue weighted by atomic mass is 35.5. The van der Waals surface area contributed by atoms with Gasteiger partial charge in [0.05, 0.1) is 23.1 Å². The number of hydrogen-bond acceptors (Lipinski definition) is 5. The van der Waals surface area contributed by atoms with Crippen molar-refractivity contribution in [3.8, 4) is 0 Å². The maximum atomic E-state index is 13.0. The quantitative estimate of drug-likeness (QED) is 0.617. The third-order valence-corrected chi connectivity index (χ3v) is 7.69. The fraction of sp³-hybridized carbons (Fsp3) is 0.381. The van der Waals surface area contributed by atoms with Crippen LogP contribution in [-0.2, 0) is 10.0 Å². The highest BCUT2D eigenvalue weighted by Crippen LogP contribution is 2.28. The molecule has 0 saturated carbocycles. The second kappa shape index (κ2) is 8.57. The molecule has 2 aromatic heterocycles. The summed E-state index contributed by atoms with van der Waals surface area (Å²) < 4.78 is 29.3. The van der Waals surface area contributed by atoms with Crippen LogP contribution in [0.5, 0.6) is 0 Å². The fourth-order valence-corrected chi connectivity index (χ4v) is 5.69. The van der Waals surface area contributed by atoms with Crippen molar-refractivity contribution in [2.75, 3.05) is 18.4 Å². The number of benzene rings is 1. The lowest BCUT2D eigenvalue weighted by molar-refractivity contribution is 0.102. The van der Waals surface area contributed by atoms with Gasteiger partial charge in [-0.15, -0.1) is 0 Å². The molecule has 1 aliphatic heterocycles. The first kappa shape index (κ1) is 21.7. The lowest BCUT2D eigenvalue weighted by atomic mass is 10.2. The molecule has 1 aliphatic rings. The van der Waals surface area contributed by atoms with Gasteiger partial charge in [0.15, 0.2) is 5.65 Å². The molecule has 31 heavy (non-hydrogen) atoms. The van der Waals surface area contributed by atoms with Crippen LogP contribution in [0.1, 0.15) is 49.5 Å². The van der Waals surface area contributed by atoms with Gasteiger partial charge in [-0.2, -0.15) is 9.40 Å². The molecule has 0 spiro atoms. The molecular weight excluding hydrogens is 438 g/mol. The van der Waals surface area contributed by atoms with E-state index in [0.29, 0.717) is 18.8 Å². The average molecular weight is 462 g/mol. The number of halogens is 1. The zero-order chi connectivity index (χ0) is 22.2. The Morgan fingerprint density at radius 2 is 1.87 bits per heavy atom. The maximum absolute atomic E-state index is 13.0. The molecule has 3 aromatic rings. The molecule has 164 valence electrons. The summed E-state index contributed by atoms with van der Waals surface area (Å²) in [5, 5.41) is 8.00. The number of carbonyl (C=O) groups is 1. The smallest absolute Gasteiger partial charge is 0.255 e. The minimum atomic E-state index is -3.76. The van der Waals surface area contributed by atoms with Gasteiger partial charge in [0.2, 0.25) is 10.0 Å². The number of nitrogens with zero attached hydrogens (tertiary/aromatic N) is 4. The van der Waals surface area contributed by atoms with E-state index in [1.807, 2.05) is 13.8 Å². The van der Waals surface area contributed by atoms with E-state index in [4.69, 9.17) is 11.6 Å². The van der Waals surface area contributed by atoms with Crippen molar-refractivity contribution in [2.24, 2.45) is 0 Å². The molecular formula is C21H24ClN5O3S. The molecule has 1 amide bonds. The third kappa shape index (κ3) is 4.30. The minimum Gasteiger partial charge on any atom is -0.321 e. The van der Waals surface area contributed by atoms with Crippen LogP contribution in [0.25, 0.3) is 11.0 Å². The Balaban J connectivity index is 1.59. The Kier molecular flexibility index (Phi) is 6.00. The molecule has 1 N–H and O–H groups in total. The number of piperidine rings is 1. The van der Waals surface area contributed by atoms with Crippen LogP contribution in [0, 0.1) is 0 Å². The molecule has 1 saturated heterocycles. The number of anilines is 1. The summed E-state index contributed by atoms with van der Waals surface area (Å²) >= 11 is 6.20. The van der Waals surface area contributed by atoms with Gasteiger partial charge in [0.1, 0.15) is 4.90 Å². The highest BCUT2D eigenvalue weighted by Gasteiger charge is 2.28. The lowest BCUT2D eigenvalue weighted by Crippen LogP contribution is -2.35. The predicted octanol–water partition coefficient (Wildman–Crippen LogP) is 4.09. The Morgan fingerprint density at radius 3 is 2.58 bits per heavy atom. The molecule has 0 bridgehead atoms. The van der Waals surface area contributed by atoms with Crippen molar-refractivity contribution in [3.05, 3.63) is 47.2 Å². The number of rotatable bonds is 5. The van der Waals surface area contributed by atoms with Crippen molar-refractivity contribution in [1.29, 1.82) is 0 Å². The van der Waals surface area contributed by atoms with E-state index >= 15 is 0 Å². The number of amides is 1. The number of nitrogens with one attached hydrogen (secondary N) is 1. The number of aromatic nitrogens is 3. The lowest BCUT2D eigenvalue weighted by Gasteiger charge is -2.26. The number of carbonyl (C=O) groups excluding carboxylic acids is 1. The zero-order valence-corrected chi connectivity index (χ0v) is 18.9. The Labute approximate surface area is 186 Å². The molecule has 4 rings (SSSR count). The number of sulfonamides is 1. The average Bonchev–Trinajstić information content (AvgIpc) is 3.18. The number of pyridine rings is 1. The van der Waals surface area contributed by atoms with Crippen molar-refractivity contribution in [3.63, 3.8) is 0 Å². The van der Waals surface area contributed by atoms with Crippen molar-refractivity contribution < 1.29 is 13.2 Å². The van der Waals surface area contributed by atoms with Gasteiger partial charge < -0.3 is 5.32 Å². The van der Waals surface area contributed by atoms with Crippen LogP contribution >= 0.6 is 11.6 Å². The second-order valence-electron chi connectivity index (χ2n) is 7.88. The van der Waals surface area contributed by atoms with Gasteiger partial charge in [-0.05, 0) is 51.0 Å². The summed E-state index contributed by atoms with van der Waals surface area (Å²) in [6.07, 6.45) is 5.90. The van der Waals surface area contributed by atoms with Gasteiger partial charge >= 0.3 is 0 Å². The first-order valence-corrected chi connectivity index (χ1v) is 12.0. The van der Waals surface area contributed by atoms with Crippen LogP contribution in [0.15, 0.2) is 41.6 Å². The maximum Gasteiger partial charge on any atom is 0.255 e. The van der Waals surface area contributed by atoms with Gasteiger partial charge in [0, 0.05) is 30.1 Å². The molecule has 0 radical (unpaired) electrons. The third-order valence-electron chi connectivity index (χ3n) is 5.31. The molecule has 0 unspecified atom stereocenters. The number of hydrogen-bond donors (Lipinski definition) is 1. The summed E-state index contributed by atoms with van der Waals surface area (Å²) in [4.78, 5) is 17.2. The normalized spacial score (nSPS) is 15.5. The monoisotopic (exact) mass is 461 g/mol. The first-order chi connectivity index (χ1) is 14.8. The zero-order valence-electron chi connectivity index (χ0n) is 17.4. The van der Waals surface area contributed by atoms with Gasteiger partial charge in [-0.25, -0.2) is 18.1 Å². The SMILES string of the molecule is CC(C)n1ncc2cc(NC(=O)c3ccc(Cl)c(S(=O)(=O)N4CCCCC4)c3)cnc21. The van der Waals surface area contributed by atoms with E-state index in [0.717, 1.165) is 30.3 Å². The molecule has 10 heteroatoms. The standard InChI is InChI=1S/C21H24ClN5O3S/c1-14(2)27-20-16(12-24-27)10-17(13-23-20)25-21(28)15-6-7-18(22)19(11-15)31(29,30)26-8-4-3-5-9-26/h6-7,10-14H,3-5,8-9H2,1-2H3,(H,25,28). The van der Waals surface area contributed by atoms with Crippen molar-refractivity contribution in [2.45, 2.75) is 44.0 Å². The van der Waals surface area contributed by atoms with E-state index in [1.54, 1.807) is 23.1 Å². The molecule has 8 nitrogen and oxygen atoms in total. The van der Waals surface area contributed by atoms with Crippen LogP contribution in [0.3, 0.4) is 0 Å². The van der Waals surface area contributed by atoms with Gasteiger partial charge in [-0.1, -0.05) is 18.0 Å². The largest absolute Gasteiger partial charge is 0.321 e. The van der Waals surface area contributed by atoms with E-state index in [2.05, 4.69) is 15.4 Å². The minimum absolute atomic E-state index is 0.0458. The van der Waals surface area contributed by atoms with Crippen LogP contribution in [0.4, 0.5) is 5.69 Å². The molecule has 3 heterocycles. The number of fused-ring (bicyclic) bond motifs is 1. The summed E-state index contributed by atoms with van der Waals surface area (Å²) in [5.74, 6) is -0.441. The summed E-state index contributed by atoms with van der Waals surface area (Å²) in [6, 6.07) is 6.24. The molecule has 0 aliphatic carbocycles. The van der Waals surface area contributed by atoms with E-state index in [1.165, 1.54) is 22.5 Å². The molecule has 1 fully saturated rings. The first-order valence-electron chi connectivity index (χ1n) is 10.2. The highest BCUT2D eigenvalue weighted by molar-refractivity contribution is 7.89. The van der Waals surface area contributed by atoms with Crippen molar-refractivity contribution in [1.82, 2.24) is 19.1 Å². The van der Waals surface area contributed by atoms with Gasteiger partial charge in [0.25, 0.3) is 5.91 Å².